The van der Waals surface area contributed by atoms with Crippen molar-refractivity contribution >= 4 is 11.9 Å². The van der Waals surface area contributed by atoms with Crippen LogP contribution in [-0.4, -0.2) is 51.6 Å². The van der Waals surface area contributed by atoms with E-state index in [1.165, 1.54) is 11.0 Å². The molecule has 27 heavy (non-hydrogen) atoms. The molecule has 0 aromatic rings. The van der Waals surface area contributed by atoms with Gasteiger partial charge >= 0.3 is 11.9 Å². The van der Waals surface area contributed by atoms with E-state index in [0.29, 0.717) is 25.7 Å². The van der Waals surface area contributed by atoms with Crippen LogP contribution < -0.4 is 0 Å². The van der Waals surface area contributed by atoms with Crippen LogP contribution in [0.1, 0.15) is 71.6 Å². The average molecular weight is 389 g/mol. The van der Waals surface area contributed by atoms with Gasteiger partial charge in [-0.25, -0.2) is 0 Å². The number of carbonyl (C=O) groups excluding carboxylic acids is 1. The van der Waals surface area contributed by atoms with E-state index in [-0.39, 0.29) is 18.9 Å². The van der Waals surface area contributed by atoms with Crippen molar-refractivity contribution in [2.75, 3.05) is 6.54 Å². The number of nitrogens with zero attached hydrogens (tertiary/aromatic N) is 1. The first-order chi connectivity index (χ1) is 12.7. The van der Waals surface area contributed by atoms with E-state index in [2.05, 4.69) is 6.92 Å². The first-order valence-electron chi connectivity index (χ1n) is 9.96. The third kappa shape index (κ3) is 7.95. The average Bonchev–Trinajstić information content (AvgIpc) is 2.82. The zero-order valence-electron chi connectivity index (χ0n) is 16.4. The van der Waals surface area contributed by atoms with Gasteiger partial charge in [-0.1, -0.05) is 51.7 Å². The minimum absolute atomic E-state index is 0.0431. The van der Waals surface area contributed by atoms with Gasteiger partial charge in [0.15, 0.2) is 0 Å². The van der Waals surface area contributed by atoms with Gasteiger partial charge in [0.05, 0.1) is 12.1 Å². The minimum atomic E-state index is -3.36. The summed E-state index contributed by atoms with van der Waals surface area (Å²) >= 11 is 0. The quantitative estimate of drug-likeness (QED) is 0.369. The van der Waals surface area contributed by atoms with Crippen LogP contribution in [-0.2, 0) is 9.59 Å². The van der Waals surface area contributed by atoms with E-state index in [1.807, 2.05) is 6.92 Å². The molecular weight excluding hydrogens is 356 g/mol. The van der Waals surface area contributed by atoms with E-state index in [1.54, 1.807) is 6.08 Å². The molecule has 0 unspecified atom stereocenters. The molecule has 1 rings (SSSR count). The topological polar surface area (TPSA) is 77.8 Å². The number of aliphatic hydroxyl groups is 1. The standard InChI is InChI=1S/C20H33F2NO4/c1-3-4-9-15(2)17(24)12-11-16-14-20(21,22)19(27)23(16)13-8-6-5-7-10-18(25)26/h11-12,15-17,24H,3-10,13-14H2,1-2H3,(H,25,26)/b12-11+/t15-,16-,17+/m0/s1. The van der Waals surface area contributed by atoms with Gasteiger partial charge in [0.1, 0.15) is 0 Å². The van der Waals surface area contributed by atoms with Crippen molar-refractivity contribution in [1.82, 2.24) is 4.90 Å². The third-order valence-electron chi connectivity index (χ3n) is 5.11. The molecule has 1 aliphatic rings. The number of carboxylic acids is 1. The highest BCUT2D eigenvalue weighted by Crippen LogP contribution is 2.34. The maximum Gasteiger partial charge on any atom is 0.327 e. The Morgan fingerprint density at radius 2 is 1.96 bits per heavy atom. The second-order valence-corrected chi connectivity index (χ2v) is 7.53. The van der Waals surface area contributed by atoms with Gasteiger partial charge in [0, 0.05) is 19.4 Å². The summed E-state index contributed by atoms with van der Waals surface area (Å²) in [6, 6.07) is -0.709. The normalized spacial score (nSPS) is 21.7. The third-order valence-corrected chi connectivity index (χ3v) is 5.11. The Kier molecular flexibility index (Phi) is 9.91. The molecule has 0 aromatic carbocycles. The molecule has 0 bridgehead atoms. The van der Waals surface area contributed by atoms with Crippen molar-refractivity contribution in [2.45, 2.75) is 89.7 Å². The predicted molar refractivity (Wildman–Crippen MR) is 99.6 cm³/mol. The van der Waals surface area contributed by atoms with E-state index < -0.39 is 36.4 Å². The van der Waals surface area contributed by atoms with Gasteiger partial charge in [0.2, 0.25) is 0 Å². The molecule has 0 spiro atoms. The van der Waals surface area contributed by atoms with Crippen LogP contribution in [0.2, 0.25) is 0 Å². The van der Waals surface area contributed by atoms with E-state index in [9.17, 15) is 23.5 Å². The highest BCUT2D eigenvalue weighted by molar-refractivity contribution is 5.86. The number of hydrogen-bond acceptors (Lipinski definition) is 3. The Morgan fingerprint density at radius 1 is 1.30 bits per heavy atom. The summed E-state index contributed by atoms with van der Waals surface area (Å²) < 4.78 is 27.7. The van der Waals surface area contributed by atoms with Crippen LogP contribution in [0.5, 0.6) is 0 Å². The fourth-order valence-electron chi connectivity index (χ4n) is 3.30. The van der Waals surface area contributed by atoms with Crippen LogP contribution in [0.25, 0.3) is 0 Å². The molecule has 0 saturated carbocycles. The maximum atomic E-state index is 13.9. The van der Waals surface area contributed by atoms with Crippen LogP contribution in [0.4, 0.5) is 8.78 Å². The summed E-state index contributed by atoms with van der Waals surface area (Å²) in [6.45, 7) is 4.21. The maximum absolute atomic E-state index is 13.9. The summed E-state index contributed by atoms with van der Waals surface area (Å²) in [5.41, 5.74) is 0. The number of aliphatic hydroxyl groups excluding tert-OH is 1. The zero-order valence-corrected chi connectivity index (χ0v) is 16.4. The predicted octanol–water partition coefficient (Wildman–Crippen LogP) is 4.00. The number of aliphatic carboxylic acids is 1. The van der Waals surface area contributed by atoms with Crippen LogP contribution in [0, 0.1) is 5.92 Å². The molecule has 1 saturated heterocycles. The fraction of sp³-hybridized carbons (Fsp3) is 0.800. The first kappa shape index (κ1) is 23.5. The number of alkyl halides is 2. The summed E-state index contributed by atoms with van der Waals surface area (Å²) in [4.78, 5) is 23.6. The Labute approximate surface area is 160 Å². The summed E-state index contributed by atoms with van der Waals surface area (Å²) in [7, 11) is 0. The van der Waals surface area contributed by atoms with E-state index in [0.717, 1.165) is 19.3 Å². The van der Waals surface area contributed by atoms with E-state index in [4.69, 9.17) is 5.11 Å². The molecule has 1 aliphatic heterocycles. The highest BCUT2D eigenvalue weighted by atomic mass is 19.3. The Morgan fingerprint density at radius 3 is 2.59 bits per heavy atom. The first-order valence-corrected chi connectivity index (χ1v) is 9.96. The van der Waals surface area contributed by atoms with E-state index >= 15 is 0 Å². The number of carbonyl (C=O) groups is 2. The van der Waals surface area contributed by atoms with Crippen molar-refractivity contribution in [3.05, 3.63) is 12.2 Å². The molecule has 3 atom stereocenters. The second kappa shape index (κ2) is 11.4. The van der Waals surface area contributed by atoms with Gasteiger partial charge in [-0.2, -0.15) is 8.78 Å². The second-order valence-electron chi connectivity index (χ2n) is 7.53. The van der Waals surface area contributed by atoms with Crippen molar-refractivity contribution in [2.24, 2.45) is 5.92 Å². The molecule has 5 nitrogen and oxygen atoms in total. The summed E-state index contributed by atoms with van der Waals surface area (Å²) in [6.07, 6.45) is 7.29. The molecule has 1 heterocycles. The lowest BCUT2D eigenvalue weighted by Gasteiger charge is -2.22. The van der Waals surface area contributed by atoms with Gasteiger partial charge < -0.3 is 15.1 Å². The molecule has 156 valence electrons. The van der Waals surface area contributed by atoms with Crippen molar-refractivity contribution < 1.29 is 28.6 Å². The van der Waals surface area contributed by atoms with Crippen molar-refractivity contribution in [3.8, 4) is 0 Å². The number of hydrogen-bond donors (Lipinski definition) is 2. The molecule has 1 fully saturated rings. The van der Waals surface area contributed by atoms with Crippen molar-refractivity contribution in [3.63, 3.8) is 0 Å². The Bertz CT molecular complexity index is 510. The number of rotatable bonds is 13. The van der Waals surface area contributed by atoms with Gasteiger partial charge in [-0.15, -0.1) is 0 Å². The molecule has 0 radical (unpaired) electrons. The van der Waals surface area contributed by atoms with Crippen molar-refractivity contribution in [1.29, 1.82) is 0 Å². The van der Waals surface area contributed by atoms with Gasteiger partial charge in [-0.05, 0) is 25.2 Å². The number of unbranched alkanes of at least 4 members (excludes halogenated alkanes) is 4. The summed E-state index contributed by atoms with van der Waals surface area (Å²) in [5.74, 6) is -5.32. The fourth-order valence-corrected chi connectivity index (χ4v) is 3.30. The lowest BCUT2D eigenvalue weighted by molar-refractivity contribution is -0.148. The molecular formula is C20H33F2NO4. The van der Waals surface area contributed by atoms with Crippen LogP contribution >= 0.6 is 0 Å². The molecule has 7 heteroatoms. The molecule has 2 N–H and O–H groups in total. The molecule has 1 amide bonds. The van der Waals surface area contributed by atoms with Gasteiger partial charge in [0.25, 0.3) is 5.91 Å². The summed E-state index contributed by atoms with van der Waals surface area (Å²) in [5, 5.41) is 18.8. The molecule has 0 aromatic heterocycles. The highest BCUT2D eigenvalue weighted by Gasteiger charge is 2.52. The zero-order chi connectivity index (χ0) is 20.4. The number of carboxylic acid groups (broad SMARTS) is 1. The Balaban J connectivity index is 2.55. The lowest BCUT2D eigenvalue weighted by Crippen LogP contribution is -2.36. The minimum Gasteiger partial charge on any atom is -0.481 e. The lowest BCUT2D eigenvalue weighted by atomic mass is 9.97. The van der Waals surface area contributed by atoms with Crippen LogP contribution in [0.15, 0.2) is 12.2 Å². The smallest absolute Gasteiger partial charge is 0.327 e. The van der Waals surface area contributed by atoms with Gasteiger partial charge in [-0.3, -0.25) is 9.59 Å². The molecule has 0 aliphatic carbocycles. The van der Waals surface area contributed by atoms with Crippen LogP contribution in [0.3, 0.4) is 0 Å². The Hall–Kier alpha value is -1.50. The SMILES string of the molecule is CCCC[C@H](C)[C@H](O)/C=C/[C@H]1CC(F)(F)C(=O)N1CCCCCCC(=O)O. The monoisotopic (exact) mass is 389 g/mol. The largest absolute Gasteiger partial charge is 0.481 e. The number of amides is 1. The number of likely N-dealkylation sites (tertiary alicyclic amines) is 1. The number of halogens is 2.